The van der Waals surface area contributed by atoms with E-state index < -0.39 is 0 Å². The molecule has 0 bridgehead atoms. The van der Waals surface area contributed by atoms with Crippen molar-refractivity contribution in [2.45, 2.75) is 38.9 Å². The first kappa shape index (κ1) is 21.0. The summed E-state index contributed by atoms with van der Waals surface area (Å²) in [4.78, 5) is 6.65. The summed E-state index contributed by atoms with van der Waals surface area (Å²) in [6.45, 7) is 6.59. The van der Waals surface area contributed by atoms with Gasteiger partial charge >= 0.3 is 0 Å². The van der Waals surface area contributed by atoms with E-state index in [9.17, 15) is 9.50 Å². The Morgan fingerprint density at radius 1 is 1.46 bits per heavy atom. The Balaban J connectivity index is 0.00000288. The van der Waals surface area contributed by atoms with E-state index in [4.69, 9.17) is 4.74 Å². The number of halogens is 2. The molecule has 0 aliphatic carbocycles. The fraction of sp³-hybridized carbons (Fsp3) is 0.588. The van der Waals surface area contributed by atoms with Crippen molar-refractivity contribution in [1.29, 1.82) is 0 Å². The molecule has 2 rings (SSSR count). The van der Waals surface area contributed by atoms with Crippen molar-refractivity contribution < 1.29 is 14.2 Å². The Morgan fingerprint density at radius 2 is 2.21 bits per heavy atom. The minimum atomic E-state index is -0.357. The zero-order chi connectivity index (χ0) is 16.7. The average molecular weight is 451 g/mol. The highest BCUT2D eigenvalue weighted by molar-refractivity contribution is 14.0. The Labute approximate surface area is 160 Å². The predicted octanol–water partition coefficient (Wildman–Crippen LogP) is 2.63. The number of β-amino-alcohol motifs (C(OH)–C–C–N with tert-alkyl or cyclic N) is 1. The maximum atomic E-state index is 13.7. The lowest BCUT2D eigenvalue weighted by molar-refractivity contribution is 0.187. The van der Waals surface area contributed by atoms with E-state index >= 15 is 0 Å². The van der Waals surface area contributed by atoms with Gasteiger partial charge in [0.2, 0.25) is 0 Å². The Hall–Kier alpha value is -1.09. The summed E-state index contributed by atoms with van der Waals surface area (Å²) in [5.41, 5.74) is 0. The number of nitrogens with one attached hydrogen (secondary N) is 1. The molecule has 7 heteroatoms. The smallest absolute Gasteiger partial charge is 0.194 e. The molecule has 0 saturated carbocycles. The van der Waals surface area contributed by atoms with Crippen LogP contribution in [0.1, 0.15) is 26.7 Å². The predicted molar refractivity (Wildman–Crippen MR) is 105 cm³/mol. The second-order valence-corrected chi connectivity index (χ2v) is 5.66. The number of rotatable bonds is 6. The Morgan fingerprint density at radius 3 is 2.79 bits per heavy atom. The van der Waals surface area contributed by atoms with Crippen molar-refractivity contribution in [3.63, 3.8) is 0 Å². The maximum Gasteiger partial charge on any atom is 0.194 e. The van der Waals surface area contributed by atoms with E-state index in [-0.39, 0.29) is 47.8 Å². The van der Waals surface area contributed by atoms with Gasteiger partial charge in [0.25, 0.3) is 0 Å². The molecule has 1 fully saturated rings. The first-order valence-corrected chi connectivity index (χ1v) is 8.26. The molecule has 2 atom stereocenters. The number of guanidine groups is 1. The zero-order valence-electron chi connectivity index (χ0n) is 14.2. The third-order valence-corrected chi connectivity index (χ3v) is 3.83. The second kappa shape index (κ2) is 10.7. The van der Waals surface area contributed by atoms with E-state index in [0.717, 1.165) is 31.9 Å². The van der Waals surface area contributed by atoms with Crippen LogP contribution in [0.5, 0.6) is 5.75 Å². The number of aliphatic imine (C=N–C) groups is 1. The molecule has 1 aromatic carbocycles. The summed E-state index contributed by atoms with van der Waals surface area (Å²) in [6, 6.07) is 6.41. The minimum Gasteiger partial charge on any atom is -0.485 e. The number of nitrogens with zero attached hydrogens (tertiary/aromatic N) is 2. The molecule has 1 unspecified atom stereocenters. The molecule has 0 radical (unpaired) electrons. The van der Waals surface area contributed by atoms with Crippen LogP contribution in [-0.2, 0) is 0 Å². The maximum absolute atomic E-state index is 13.7. The fourth-order valence-electron chi connectivity index (χ4n) is 2.52. The normalized spacial score (nSPS) is 18.9. The summed E-state index contributed by atoms with van der Waals surface area (Å²) in [6.07, 6.45) is 1.01. The molecule has 24 heavy (non-hydrogen) atoms. The average Bonchev–Trinajstić information content (AvgIpc) is 2.98. The van der Waals surface area contributed by atoms with E-state index in [0.29, 0.717) is 13.1 Å². The molecule has 1 aliphatic rings. The number of hydrogen-bond donors (Lipinski definition) is 2. The third-order valence-electron chi connectivity index (χ3n) is 3.83. The summed E-state index contributed by atoms with van der Waals surface area (Å²) in [7, 11) is 0. The van der Waals surface area contributed by atoms with Crippen LogP contribution in [-0.4, -0.2) is 54.4 Å². The van der Waals surface area contributed by atoms with E-state index in [1.807, 2.05) is 18.7 Å². The van der Waals surface area contributed by atoms with Crippen molar-refractivity contribution in [2.75, 3.05) is 26.2 Å². The third kappa shape index (κ3) is 6.08. The number of hydrogen-bond acceptors (Lipinski definition) is 3. The molecule has 1 aliphatic heterocycles. The molecule has 0 amide bonds. The lowest BCUT2D eigenvalue weighted by Gasteiger charge is -2.22. The molecule has 1 aromatic rings. The molecule has 5 nitrogen and oxygen atoms in total. The number of aliphatic hydroxyl groups excluding tert-OH is 1. The number of benzene rings is 1. The van der Waals surface area contributed by atoms with Crippen molar-refractivity contribution in [2.24, 2.45) is 4.99 Å². The van der Waals surface area contributed by atoms with Gasteiger partial charge in [0.05, 0.1) is 12.6 Å². The molecule has 1 saturated heterocycles. The summed E-state index contributed by atoms with van der Waals surface area (Å²) in [5, 5.41) is 12.9. The van der Waals surface area contributed by atoms with Gasteiger partial charge in [-0.3, -0.25) is 0 Å². The van der Waals surface area contributed by atoms with E-state index in [2.05, 4.69) is 10.3 Å². The summed E-state index contributed by atoms with van der Waals surface area (Å²) >= 11 is 0. The van der Waals surface area contributed by atoms with Gasteiger partial charge in [-0.15, -0.1) is 24.0 Å². The van der Waals surface area contributed by atoms with Crippen molar-refractivity contribution in [1.82, 2.24) is 10.2 Å². The zero-order valence-corrected chi connectivity index (χ0v) is 16.6. The van der Waals surface area contributed by atoms with Gasteiger partial charge in [-0.25, -0.2) is 9.38 Å². The van der Waals surface area contributed by atoms with E-state index in [1.54, 1.807) is 18.2 Å². The molecule has 2 N–H and O–H groups in total. The first-order valence-electron chi connectivity index (χ1n) is 8.26. The number of ether oxygens (including phenoxy) is 1. The van der Waals surface area contributed by atoms with Crippen LogP contribution in [0.25, 0.3) is 0 Å². The van der Waals surface area contributed by atoms with Crippen LogP contribution in [0.4, 0.5) is 4.39 Å². The van der Waals surface area contributed by atoms with Crippen LogP contribution in [0.2, 0.25) is 0 Å². The van der Waals surface area contributed by atoms with Crippen LogP contribution >= 0.6 is 24.0 Å². The highest BCUT2D eigenvalue weighted by Crippen LogP contribution is 2.18. The van der Waals surface area contributed by atoms with Crippen LogP contribution < -0.4 is 10.1 Å². The SMILES string of the molecule is CCNC(=NCC(CC)Oc1ccccc1F)N1CC[C@@H](O)C1.I. The lowest BCUT2D eigenvalue weighted by Crippen LogP contribution is -2.41. The van der Waals surface area contributed by atoms with Gasteiger partial charge in [-0.05, 0) is 31.9 Å². The Kier molecular flexibility index (Phi) is 9.35. The minimum absolute atomic E-state index is 0. The number of para-hydroxylation sites is 1. The van der Waals surface area contributed by atoms with Crippen molar-refractivity contribution >= 4 is 29.9 Å². The highest BCUT2D eigenvalue weighted by Gasteiger charge is 2.23. The highest BCUT2D eigenvalue weighted by atomic mass is 127. The molecule has 0 aromatic heterocycles. The van der Waals surface area contributed by atoms with Gasteiger partial charge < -0.3 is 20.1 Å². The second-order valence-electron chi connectivity index (χ2n) is 5.66. The molecule has 1 heterocycles. The van der Waals surface area contributed by atoms with E-state index in [1.165, 1.54) is 6.07 Å². The number of likely N-dealkylation sites (tertiary alicyclic amines) is 1. The largest absolute Gasteiger partial charge is 0.485 e. The molecule has 136 valence electrons. The summed E-state index contributed by atoms with van der Waals surface area (Å²) < 4.78 is 19.4. The topological polar surface area (TPSA) is 57.1 Å². The first-order chi connectivity index (χ1) is 11.1. The summed E-state index contributed by atoms with van der Waals surface area (Å²) in [5.74, 6) is 0.681. The molecular weight excluding hydrogens is 424 g/mol. The standard InChI is InChI=1S/C17H26FN3O2.HI/c1-3-14(23-16-8-6-5-7-15(16)18)11-20-17(19-4-2)21-10-9-13(22)12-21;/h5-8,13-14,22H,3-4,9-12H2,1-2H3,(H,19,20);1H/t13-,14?;/m1./s1. The monoisotopic (exact) mass is 451 g/mol. The number of aliphatic hydroxyl groups is 1. The van der Waals surface area contributed by atoms with Gasteiger partial charge in [0.15, 0.2) is 17.5 Å². The van der Waals surface area contributed by atoms with Gasteiger partial charge in [0, 0.05) is 19.6 Å². The molecule has 0 spiro atoms. The van der Waals surface area contributed by atoms with Crippen molar-refractivity contribution in [3.05, 3.63) is 30.1 Å². The van der Waals surface area contributed by atoms with Crippen LogP contribution in [0.15, 0.2) is 29.3 Å². The Bertz CT molecular complexity index is 530. The molecular formula is C17H27FIN3O2. The lowest BCUT2D eigenvalue weighted by atomic mass is 10.2. The van der Waals surface area contributed by atoms with Crippen LogP contribution in [0, 0.1) is 5.82 Å². The van der Waals surface area contributed by atoms with Crippen molar-refractivity contribution in [3.8, 4) is 5.75 Å². The van der Waals surface area contributed by atoms with Gasteiger partial charge in [-0.2, -0.15) is 0 Å². The fourth-order valence-corrected chi connectivity index (χ4v) is 2.52. The quantitative estimate of drug-likeness (QED) is 0.397. The van der Waals surface area contributed by atoms with Gasteiger partial charge in [0.1, 0.15) is 6.10 Å². The van der Waals surface area contributed by atoms with Gasteiger partial charge in [-0.1, -0.05) is 19.1 Å². The van der Waals surface area contributed by atoms with Crippen LogP contribution in [0.3, 0.4) is 0 Å².